The molecule has 0 aliphatic carbocycles. The average molecular weight is 271 g/mol. The van der Waals surface area contributed by atoms with Gasteiger partial charge in [0.1, 0.15) is 0 Å². The summed E-state index contributed by atoms with van der Waals surface area (Å²) in [4.78, 5) is 27.4. The van der Waals surface area contributed by atoms with Crippen LogP contribution in [0.2, 0.25) is 0 Å². The Morgan fingerprint density at radius 1 is 0.947 bits per heavy atom. The van der Waals surface area contributed by atoms with E-state index in [1.165, 1.54) is 0 Å². The molecule has 0 spiro atoms. The van der Waals surface area contributed by atoms with E-state index in [1.807, 2.05) is 0 Å². The highest BCUT2D eigenvalue weighted by Gasteiger charge is 2.27. The highest BCUT2D eigenvalue weighted by molar-refractivity contribution is 5.88. The van der Waals surface area contributed by atoms with E-state index in [0.717, 1.165) is 0 Å². The monoisotopic (exact) mass is 271 g/mol. The van der Waals surface area contributed by atoms with Crippen molar-refractivity contribution in [1.82, 2.24) is 9.80 Å². The van der Waals surface area contributed by atoms with Gasteiger partial charge in [-0.15, -0.1) is 0 Å². The van der Waals surface area contributed by atoms with Crippen molar-refractivity contribution in [2.75, 3.05) is 52.6 Å². The summed E-state index contributed by atoms with van der Waals surface area (Å²) in [6.45, 7) is 4.45. The number of rotatable bonds is 3. The smallest absolute Gasteiger partial charge is 0.240 e. The number of morpholine rings is 2. The summed E-state index contributed by atoms with van der Waals surface area (Å²) in [5.41, 5.74) is 5.84. The molecular weight excluding hydrogens is 250 g/mol. The van der Waals surface area contributed by atoms with E-state index < -0.39 is 6.04 Å². The first-order chi connectivity index (χ1) is 9.18. The number of hydrogen-bond acceptors (Lipinski definition) is 5. The van der Waals surface area contributed by atoms with Crippen LogP contribution < -0.4 is 5.73 Å². The second-order valence-corrected chi connectivity index (χ2v) is 4.74. The van der Waals surface area contributed by atoms with Gasteiger partial charge in [-0.05, 0) is 0 Å². The SMILES string of the molecule is NC(CC(=O)N1CCOCC1)C(=O)N1CCOCC1. The molecule has 2 aliphatic heterocycles. The van der Waals surface area contributed by atoms with Crippen molar-refractivity contribution < 1.29 is 19.1 Å². The highest BCUT2D eigenvalue weighted by Crippen LogP contribution is 2.06. The van der Waals surface area contributed by atoms with Gasteiger partial charge in [0.05, 0.1) is 38.9 Å². The molecule has 108 valence electrons. The van der Waals surface area contributed by atoms with Gasteiger partial charge in [0.2, 0.25) is 11.8 Å². The summed E-state index contributed by atoms with van der Waals surface area (Å²) >= 11 is 0. The first-order valence-corrected chi connectivity index (χ1v) is 6.66. The molecule has 2 rings (SSSR count). The van der Waals surface area contributed by atoms with Crippen LogP contribution in [0.4, 0.5) is 0 Å². The van der Waals surface area contributed by atoms with Crippen molar-refractivity contribution in [3.63, 3.8) is 0 Å². The van der Waals surface area contributed by atoms with Gasteiger partial charge in [0.15, 0.2) is 0 Å². The first kappa shape index (κ1) is 14.2. The van der Waals surface area contributed by atoms with Crippen LogP contribution in [-0.4, -0.2) is 80.3 Å². The van der Waals surface area contributed by atoms with Gasteiger partial charge in [0.25, 0.3) is 0 Å². The molecule has 2 N–H and O–H groups in total. The average Bonchev–Trinajstić information content (AvgIpc) is 2.48. The third kappa shape index (κ3) is 3.89. The lowest BCUT2D eigenvalue weighted by Gasteiger charge is -2.31. The maximum absolute atomic E-state index is 12.1. The van der Waals surface area contributed by atoms with E-state index in [1.54, 1.807) is 9.80 Å². The molecule has 7 heteroatoms. The quantitative estimate of drug-likeness (QED) is 0.670. The van der Waals surface area contributed by atoms with Gasteiger partial charge in [0, 0.05) is 26.2 Å². The normalized spacial score (nSPS) is 22.2. The third-order valence-electron chi connectivity index (χ3n) is 3.40. The lowest BCUT2D eigenvalue weighted by atomic mass is 10.1. The fourth-order valence-electron chi connectivity index (χ4n) is 2.24. The largest absolute Gasteiger partial charge is 0.378 e. The van der Waals surface area contributed by atoms with E-state index in [9.17, 15) is 9.59 Å². The molecule has 19 heavy (non-hydrogen) atoms. The minimum atomic E-state index is -0.756. The molecule has 1 atom stereocenters. The summed E-state index contributed by atoms with van der Waals surface area (Å²) in [6, 6.07) is -0.756. The molecule has 2 fully saturated rings. The minimum Gasteiger partial charge on any atom is -0.378 e. The molecular formula is C12H21N3O4. The Kier molecular flexibility index (Phi) is 5.12. The van der Waals surface area contributed by atoms with Crippen LogP contribution in [0.5, 0.6) is 0 Å². The standard InChI is InChI=1S/C12H21N3O4/c13-10(12(17)15-3-7-19-8-4-15)9-11(16)14-1-5-18-6-2-14/h10H,1-9,13H2. The molecule has 7 nitrogen and oxygen atoms in total. The van der Waals surface area contributed by atoms with Crippen molar-refractivity contribution >= 4 is 11.8 Å². The summed E-state index contributed by atoms with van der Waals surface area (Å²) in [6.07, 6.45) is 0.0657. The van der Waals surface area contributed by atoms with E-state index >= 15 is 0 Å². The Morgan fingerprint density at radius 2 is 1.42 bits per heavy atom. The Balaban J connectivity index is 1.80. The fraction of sp³-hybridized carbons (Fsp3) is 0.833. The van der Waals surface area contributed by atoms with Crippen LogP contribution in [0.25, 0.3) is 0 Å². The van der Waals surface area contributed by atoms with Crippen LogP contribution in [0.15, 0.2) is 0 Å². The number of carbonyl (C=O) groups is 2. The molecule has 2 saturated heterocycles. The molecule has 2 amide bonds. The van der Waals surface area contributed by atoms with Crippen molar-refractivity contribution in [2.45, 2.75) is 12.5 Å². The number of amides is 2. The van der Waals surface area contributed by atoms with E-state index in [2.05, 4.69) is 0 Å². The maximum atomic E-state index is 12.1. The van der Waals surface area contributed by atoms with Crippen LogP contribution in [0, 0.1) is 0 Å². The fourth-order valence-corrected chi connectivity index (χ4v) is 2.24. The molecule has 0 radical (unpaired) electrons. The zero-order valence-electron chi connectivity index (χ0n) is 11.0. The molecule has 2 heterocycles. The first-order valence-electron chi connectivity index (χ1n) is 6.66. The molecule has 0 aromatic rings. The Morgan fingerprint density at radius 3 is 1.95 bits per heavy atom. The van der Waals surface area contributed by atoms with Gasteiger partial charge < -0.3 is 25.0 Å². The summed E-state index contributed by atoms with van der Waals surface area (Å²) < 4.78 is 10.4. The van der Waals surface area contributed by atoms with Gasteiger partial charge in [-0.3, -0.25) is 9.59 Å². The van der Waals surface area contributed by atoms with E-state index in [-0.39, 0.29) is 18.2 Å². The molecule has 0 aromatic carbocycles. The predicted molar refractivity (Wildman–Crippen MR) is 67.4 cm³/mol. The van der Waals surface area contributed by atoms with Crippen LogP contribution >= 0.6 is 0 Å². The number of ether oxygens (including phenoxy) is 2. The lowest BCUT2D eigenvalue weighted by Crippen LogP contribution is -2.51. The van der Waals surface area contributed by atoms with E-state index in [0.29, 0.717) is 52.6 Å². The number of nitrogens with zero attached hydrogens (tertiary/aromatic N) is 2. The molecule has 0 bridgehead atoms. The number of carbonyl (C=O) groups excluding carboxylic acids is 2. The van der Waals surface area contributed by atoms with Crippen molar-refractivity contribution in [2.24, 2.45) is 5.73 Å². The molecule has 1 unspecified atom stereocenters. The highest BCUT2D eigenvalue weighted by atomic mass is 16.5. The maximum Gasteiger partial charge on any atom is 0.240 e. The second kappa shape index (κ2) is 6.83. The summed E-state index contributed by atoms with van der Waals surface area (Å²) in [5.74, 6) is -0.234. The van der Waals surface area contributed by atoms with Crippen LogP contribution in [0.3, 0.4) is 0 Å². The predicted octanol–water partition coefficient (Wildman–Crippen LogP) is -1.58. The molecule has 0 aromatic heterocycles. The van der Waals surface area contributed by atoms with Crippen molar-refractivity contribution in [3.05, 3.63) is 0 Å². The minimum absolute atomic E-state index is 0.0657. The lowest BCUT2D eigenvalue weighted by molar-refractivity contribution is -0.142. The number of nitrogens with two attached hydrogens (primary N) is 1. The second-order valence-electron chi connectivity index (χ2n) is 4.74. The Bertz CT molecular complexity index is 325. The van der Waals surface area contributed by atoms with Gasteiger partial charge >= 0.3 is 0 Å². The topological polar surface area (TPSA) is 85.1 Å². The molecule has 2 aliphatic rings. The van der Waals surface area contributed by atoms with Crippen LogP contribution in [0.1, 0.15) is 6.42 Å². The van der Waals surface area contributed by atoms with E-state index in [4.69, 9.17) is 15.2 Å². The van der Waals surface area contributed by atoms with Gasteiger partial charge in [-0.1, -0.05) is 0 Å². The molecule has 0 saturated carbocycles. The van der Waals surface area contributed by atoms with Gasteiger partial charge in [-0.2, -0.15) is 0 Å². The Labute approximate surface area is 112 Å². The van der Waals surface area contributed by atoms with Crippen LogP contribution in [-0.2, 0) is 19.1 Å². The summed E-state index contributed by atoms with van der Waals surface area (Å²) in [7, 11) is 0. The van der Waals surface area contributed by atoms with Gasteiger partial charge in [-0.25, -0.2) is 0 Å². The zero-order chi connectivity index (χ0) is 13.7. The number of hydrogen-bond donors (Lipinski definition) is 1. The third-order valence-corrected chi connectivity index (χ3v) is 3.40. The summed E-state index contributed by atoms with van der Waals surface area (Å²) in [5, 5.41) is 0. The van der Waals surface area contributed by atoms with Crippen molar-refractivity contribution in [3.8, 4) is 0 Å². The van der Waals surface area contributed by atoms with Crippen molar-refractivity contribution in [1.29, 1.82) is 0 Å². The zero-order valence-corrected chi connectivity index (χ0v) is 11.0. The Hall–Kier alpha value is -1.18.